The first-order chi connectivity index (χ1) is 7.20. The lowest BCUT2D eigenvalue weighted by molar-refractivity contribution is 0.0713. The smallest absolute Gasteiger partial charge is 0.0700 e. The lowest BCUT2D eigenvalue weighted by Crippen LogP contribution is -2.27. The van der Waals surface area contributed by atoms with E-state index < -0.39 is 10.8 Å². The quantitative estimate of drug-likeness (QED) is 0.563. The van der Waals surface area contributed by atoms with Crippen molar-refractivity contribution in [3.8, 4) is 0 Å². The second kappa shape index (κ2) is 10.5. The number of rotatable bonds is 10. The molecular weight excluding hydrogens is 214 g/mol. The number of nitrogens with two attached hydrogens (primary N) is 1. The molecule has 0 spiro atoms. The van der Waals surface area contributed by atoms with Gasteiger partial charge in [0.25, 0.3) is 0 Å². The molecule has 0 bridgehead atoms. The van der Waals surface area contributed by atoms with Gasteiger partial charge in [-0.15, -0.1) is 0 Å². The van der Waals surface area contributed by atoms with Gasteiger partial charge in [-0.25, -0.2) is 0 Å². The molecule has 4 nitrogen and oxygen atoms in total. The first-order valence-corrected chi connectivity index (χ1v) is 6.86. The number of hydrogen-bond donors (Lipinski definition) is 1. The van der Waals surface area contributed by atoms with Gasteiger partial charge in [0, 0.05) is 42.1 Å². The van der Waals surface area contributed by atoms with Crippen LogP contribution in [0.5, 0.6) is 0 Å². The zero-order valence-electron chi connectivity index (χ0n) is 9.74. The van der Waals surface area contributed by atoms with E-state index in [1.807, 2.05) is 6.92 Å². The first kappa shape index (κ1) is 15.0. The van der Waals surface area contributed by atoms with Gasteiger partial charge in [0.15, 0.2) is 0 Å². The summed E-state index contributed by atoms with van der Waals surface area (Å²) in [7, 11) is 0.850. The number of methoxy groups -OCH3 is 1. The van der Waals surface area contributed by atoms with E-state index in [2.05, 4.69) is 0 Å². The van der Waals surface area contributed by atoms with Gasteiger partial charge in [-0.3, -0.25) is 4.21 Å². The van der Waals surface area contributed by atoms with Crippen molar-refractivity contribution in [1.29, 1.82) is 0 Å². The fourth-order valence-electron chi connectivity index (χ4n) is 1.01. The Balaban J connectivity index is 3.24. The summed E-state index contributed by atoms with van der Waals surface area (Å²) in [6.07, 6.45) is 1.71. The van der Waals surface area contributed by atoms with Crippen molar-refractivity contribution < 1.29 is 13.7 Å². The molecule has 0 saturated carbocycles. The Kier molecular flexibility index (Phi) is 10.6. The zero-order chi connectivity index (χ0) is 11.5. The molecule has 92 valence electrons. The van der Waals surface area contributed by atoms with Gasteiger partial charge in [0.05, 0.1) is 13.2 Å². The standard InChI is InChI=1S/C10H23NO3S/c1-3-10(11)9-15(12)8-4-5-14-7-6-13-2/h10H,3-9,11H2,1-2H3. The molecule has 0 aromatic heterocycles. The molecule has 0 aromatic rings. The largest absolute Gasteiger partial charge is 0.382 e. The van der Waals surface area contributed by atoms with Crippen molar-refractivity contribution in [2.75, 3.05) is 38.4 Å². The summed E-state index contributed by atoms with van der Waals surface area (Å²) in [6, 6.07) is 0.0697. The van der Waals surface area contributed by atoms with Crippen LogP contribution in [-0.2, 0) is 20.3 Å². The van der Waals surface area contributed by atoms with Gasteiger partial charge in [0.2, 0.25) is 0 Å². The molecule has 0 fully saturated rings. The van der Waals surface area contributed by atoms with Crippen molar-refractivity contribution in [3.05, 3.63) is 0 Å². The molecule has 0 saturated heterocycles. The van der Waals surface area contributed by atoms with E-state index in [1.54, 1.807) is 7.11 Å². The zero-order valence-corrected chi connectivity index (χ0v) is 10.6. The summed E-state index contributed by atoms with van der Waals surface area (Å²) in [6.45, 7) is 3.88. The number of ether oxygens (including phenoxy) is 2. The van der Waals surface area contributed by atoms with Gasteiger partial charge in [-0.2, -0.15) is 0 Å². The maximum atomic E-state index is 11.5. The van der Waals surface area contributed by atoms with Crippen LogP contribution in [0.2, 0.25) is 0 Å². The Morgan fingerprint density at radius 2 is 2.07 bits per heavy atom. The highest BCUT2D eigenvalue weighted by molar-refractivity contribution is 7.85. The van der Waals surface area contributed by atoms with E-state index in [4.69, 9.17) is 15.2 Å². The highest BCUT2D eigenvalue weighted by atomic mass is 32.2. The second-order valence-electron chi connectivity index (χ2n) is 3.44. The van der Waals surface area contributed by atoms with Crippen LogP contribution in [0.25, 0.3) is 0 Å². The third-order valence-electron chi connectivity index (χ3n) is 2.02. The van der Waals surface area contributed by atoms with Crippen LogP contribution in [-0.4, -0.2) is 48.7 Å². The summed E-state index contributed by atoms with van der Waals surface area (Å²) >= 11 is 0. The van der Waals surface area contributed by atoms with Crippen LogP contribution < -0.4 is 5.73 Å². The molecule has 5 heteroatoms. The fourth-order valence-corrected chi connectivity index (χ4v) is 2.33. The van der Waals surface area contributed by atoms with Gasteiger partial charge < -0.3 is 15.2 Å². The highest BCUT2D eigenvalue weighted by Gasteiger charge is 2.05. The molecule has 2 N–H and O–H groups in total. The molecule has 2 unspecified atom stereocenters. The van der Waals surface area contributed by atoms with Crippen LogP contribution >= 0.6 is 0 Å². The molecular formula is C10H23NO3S. The topological polar surface area (TPSA) is 61.6 Å². The molecule has 0 heterocycles. The minimum Gasteiger partial charge on any atom is -0.382 e. The highest BCUT2D eigenvalue weighted by Crippen LogP contribution is 1.94. The summed E-state index contributed by atoms with van der Waals surface area (Å²) in [5.74, 6) is 1.29. The summed E-state index contributed by atoms with van der Waals surface area (Å²) in [4.78, 5) is 0. The van der Waals surface area contributed by atoms with E-state index in [0.29, 0.717) is 31.3 Å². The van der Waals surface area contributed by atoms with E-state index in [0.717, 1.165) is 12.8 Å². The van der Waals surface area contributed by atoms with Crippen molar-refractivity contribution in [3.63, 3.8) is 0 Å². The SMILES string of the molecule is CCC(N)CS(=O)CCCOCCOC. The molecule has 15 heavy (non-hydrogen) atoms. The number of hydrogen-bond acceptors (Lipinski definition) is 4. The van der Waals surface area contributed by atoms with Crippen molar-refractivity contribution in [2.24, 2.45) is 5.73 Å². The monoisotopic (exact) mass is 237 g/mol. The molecule has 0 aliphatic rings. The molecule has 0 aromatic carbocycles. The van der Waals surface area contributed by atoms with Crippen LogP contribution in [0.3, 0.4) is 0 Å². The molecule has 0 amide bonds. The average Bonchev–Trinajstić information content (AvgIpc) is 2.23. The summed E-state index contributed by atoms with van der Waals surface area (Å²) in [5, 5.41) is 0. The fraction of sp³-hybridized carbons (Fsp3) is 1.00. The predicted octanol–water partition coefficient (Wildman–Crippen LogP) is 0.526. The second-order valence-corrected chi connectivity index (χ2v) is 5.06. The van der Waals surface area contributed by atoms with Crippen LogP contribution in [0.15, 0.2) is 0 Å². The van der Waals surface area contributed by atoms with Gasteiger partial charge >= 0.3 is 0 Å². The van der Waals surface area contributed by atoms with Gasteiger partial charge in [0.1, 0.15) is 0 Å². The Labute approximate surface area is 95.0 Å². The van der Waals surface area contributed by atoms with E-state index in [9.17, 15) is 4.21 Å². The minimum atomic E-state index is -0.793. The maximum absolute atomic E-state index is 11.5. The third-order valence-corrected chi connectivity index (χ3v) is 3.56. The lowest BCUT2D eigenvalue weighted by Gasteiger charge is -2.08. The summed E-state index contributed by atoms with van der Waals surface area (Å²) < 4.78 is 21.6. The Morgan fingerprint density at radius 3 is 2.67 bits per heavy atom. The van der Waals surface area contributed by atoms with Crippen LogP contribution in [0.4, 0.5) is 0 Å². The molecule has 0 radical (unpaired) electrons. The maximum Gasteiger partial charge on any atom is 0.0700 e. The first-order valence-electron chi connectivity index (χ1n) is 5.38. The van der Waals surface area contributed by atoms with Crippen LogP contribution in [0, 0.1) is 0 Å². The van der Waals surface area contributed by atoms with E-state index in [-0.39, 0.29) is 6.04 Å². The molecule has 0 rings (SSSR count). The van der Waals surface area contributed by atoms with Crippen LogP contribution in [0.1, 0.15) is 19.8 Å². The third kappa shape index (κ3) is 10.3. The van der Waals surface area contributed by atoms with Gasteiger partial charge in [-0.05, 0) is 12.8 Å². The van der Waals surface area contributed by atoms with E-state index >= 15 is 0 Å². The molecule has 0 aliphatic heterocycles. The average molecular weight is 237 g/mol. The van der Waals surface area contributed by atoms with Crippen molar-refractivity contribution in [2.45, 2.75) is 25.8 Å². The van der Waals surface area contributed by atoms with E-state index in [1.165, 1.54) is 0 Å². The lowest BCUT2D eigenvalue weighted by atomic mass is 10.3. The van der Waals surface area contributed by atoms with Crippen molar-refractivity contribution >= 4 is 10.8 Å². The Bertz CT molecular complexity index is 167. The minimum absolute atomic E-state index is 0.0697. The molecule has 2 atom stereocenters. The van der Waals surface area contributed by atoms with Crippen molar-refractivity contribution in [1.82, 2.24) is 0 Å². The normalized spacial score (nSPS) is 15.1. The summed E-state index contributed by atoms with van der Waals surface area (Å²) in [5.41, 5.74) is 5.70. The predicted molar refractivity (Wildman–Crippen MR) is 63.5 cm³/mol. The van der Waals surface area contributed by atoms with Gasteiger partial charge in [-0.1, -0.05) is 6.92 Å². The Morgan fingerprint density at radius 1 is 1.33 bits per heavy atom. The Hall–Kier alpha value is 0.0300. The molecule has 0 aliphatic carbocycles.